The molecule has 0 spiro atoms. The monoisotopic (exact) mass is 444 g/mol. The summed E-state index contributed by atoms with van der Waals surface area (Å²) < 4.78 is 32.0. The highest BCUT2D eigenvalue weighted by Crippen LogP contribution is 2.26. The van der Waals surface area contributed by atoms with E-state index >= 15 is 0 Å². The molecule has 1 amide bonds. The minimum atomic E-state index is -3.74. The first kappa shape index (κ1) is 22.6. The fraction of sp³-hybridized carbons (Fsp3) is 0.316. The second-order valence-electron chi connectivity index (χ2n) is 6.23. The van der Waals surface area contributed by atoms with E-state index in [1.165, 1.54) is 19.2 Å². The minimum absolute atomic E-state index is 0.0107. The number of nitrogens with one attached hydrogen (secondary N) is 2. The van der Waals surface area contributed by atoms with Gasteiger partial charge in [-0.1, -0.05) is 35.3 Å². The van der Waals surface area contributed by atoms with Crippen molar-refractivity contribution in [1.29, 1.82) is 0 Å². The van der Waals surface area contributed by atoms with Gasteiger partial charge in [-0.3, -0.25) is 4.79 Å². The SMILES string of the molecule is COCCNS(=O)(=O)c1ccc(C)c(C(=O)NC(C)c2ccc(Cl)cc2Cl)c1. The highest BCUT2D eigenvalue weighted by Gasteiger charge is 2.20. The molecule has 28 heavy (non-hydrogen) atoms. The average Bonchev–Trinajstić information content (AvgIpc) is 2.61. The van der Waals surface area contributed by atoms with E-state index in [1.807, 2.05) is 0 Å². The minimum Gasteiger partial charge on any atom is -0.383 e. The summed E-state index contributed by atoms with van der Waals surface area (Å²) >= 11 is 12.1. The van der Waals surface area contributed by atoms with Gasteiger partial charge in [-0.05, 0) is 49.2 Å². The Hall–Kier alpha value is -1.64. The van der Waals surface area contributed by atoms with Crippen LogP contribution in [-0.4, -0.2) is 34.6 Å². The number of halogens is 2. The number of ether oxygens (including phenoxy) is 1. The summed E-state index contributed by atoms with van der Waals surface area (Å²) in [6.45, 7) is 3.91. The highest BCUT2D eigenvalue weighted by atomic mass is 35.5. The van der Waals surface area contributed by atoms with Gasteiger partial charge in [0.1, 0.15) is 0 Å². The van der Waals surface area contributed by atoms with Crippen LogP contribution in [0, 0.1) is 6.92 Å². The molecule has 0 heterocycles. The van der Waals surface area contributed by atoms with Crippen LogP contribution in [-0.2, 0) is 14.8 Å². The smallest absolute Gasteiger partial charge is 0.252 e. The van der Waals surface area contributed by atoms with Crippen molar-refractivity contribution in [3.8, 4) is 0 Å². The summed E-state index contributed by atoms with van der Waals surface area (Å²) in [5.41, 5.74) is 1.64. The summed E-state index contributed by atoms with van der Waals surface area (Å²) in [5, 5.41) is 3.79. The summed E-state index contributed by atoms with van der Waals surface area (Å²) in [7, 11) is -2.26. The van der Waals surface area contributed by atoms with Crippen molar-refractivity contribution in [2.75, 3.05) is 20.3 Å². The molecule has 0 aliphatic carbocycles. The molecule has 0 aromatic heterocycles. The molecule has 2 aromatic carbocycles. The maximum absolute atomic E-state index is 12.8. The number of rotatable bonds is 8. The second kappa shape index (κ2) is 9.71. The van der Waals surface area contributed by atoms with Gasteiger partial charge in [0.25, 0.3) is 5.91 Å². The van der Waals surface area contributed by atoms with Gasteiger partial charge in [-0.25, -0.2) is 13.1 Å². The Kier molecular flexibility index (Phi) is 7.86. The van der Waals surface area contributed by atoms with Crippen molar-refractivity contribution in [1.82, 2.24) is 10.0 Å². The number of methoxy groups -OCH3 is 1. The molecule has 6 nitrogen and oxygen atoms in total. The van der Waals surface area contributed by atoms with Crippen LogP contribution in [0.2, 0.25) is 10.0 Å². The van der Waals surface area contributed by atoms with Gasteiger partial charge in [0.15, 0.2) is 0 Å². The molecule has 2 aromatic rings. The topological polar surface area (TPSA) is 84.5 Å². The average molecular weight is 445 g/mol. The Morgan fingerprint density at radius 3 is 2.54 bits per heavy atom. The Bertz CT molecular complexity index is 964. The van der Waals surface area contributed by atoms with E-state index in [-0.39, 0.29) is 23.6 Å². The predicted octanol–water partition coefficient (Wildman–Crippen LogP) is 3.72. The Morgan fingerprint density at radius 2 is 1.89 bits per heavy atom. The number of benzene rings is 2. The standard InChI is InChI=1S/C19H22Cl2N2O4S/c1-12-4-6-15(28(25,26)22-8-9-27-3)11-17(12)19(24)23-13(2)16-7-5-14(20)10-18(16)21/h4-7,10-11,13,22H,8-9H2,1-3H3,(H,23,24). The molecule has 1 atom stereocenters. The van der Waals surface area contributed by atoms with Gasteiger partial charge < -0.3 is 10.1 Å². The second-order valence-corrected chi connectivity index (χ2v) is 8.84. The summed E-state index contributed by atoms with van der Waals surface area (Å²) in [5.74, 6) is -0.398. The molecule has 152 valence electrons. The van der Waals surface area contributed by atoms with Crippen molar-refractivity contribution in [3.05, 3.63) is 63.1 Å². The van der Waals surface area contributed by atoms with Crippen LogP contribution in [0.4, 0.5) is 0 Å². The number of carbonyl (C=O) groups is 1. The Labute approximate surface area is 175 Å². The lowest BCUT2D eigenvalue weighted by Gasteiger charge is -2.17. The highest BCUT2D eigenvalue weighted by molar-refractivity contribution is 7.89. The van der Waals surface area contributed by atoms with Crippen LogP contribution in [0.15, 0.2) is 41.3 Å². The van der Waals surface area contributed by atoms with Gasteiger partial charge in [0.05, 0.1) is 17.5 Å². The van der Waals surface area contributed by atoms with Crippen LogP contribution in [0.5, 0.6) is 0 Å². The van der Waals surface area contributed by atoms with E-state index in [2.05, 4.69) is 10.0 Å². The molecule has 2 N–H and O–H groups in total. The van der Waals surface area contributed by atoms with Crippen molar-refractivity contribution in [2.45, 2.75) is 24.8 Å². The Balaban J connectivity index is 2.23. The summed E-state index contributed by atoms with van der Waals surface area (Å²) in [6.07, 6.45) is 0. The maximum Gasteiger partial charge on any atom is 0.252 e. The molecule has 9 heteroatoms. The van der Waals surface area contributed by atoms with E-state index in [0.29, 0.717) is 21.2 Å². The number of carbonyl (C=O) groups excluding carboxylic acids is 1. The van der Waals surface area contributed by atoms with E-state index in [0.717, 1.165) is 0 Å². The largest absolute Gasteiger partial charge is 0.383 e. The van der Waals surface area contributed by atoms with E-state index in [1.54, 1.807) is 38.1 Å². The van der Waals surface area contributed by atoms with Crippen LogP contribution < -0.4 is 10.0 Å². The van der Waals surface area contributed by atoms with Crippen molar-refractivity contribution in [2.24, 2.45) is 0 Å². The number of sulfonamides is 1. The van der Waals surface area contributed by atoms with E-state index in [9.17, 15) is 13.2 Å². The van der Waals surface area contributed by atoms with Crippen molar-refractivity contribution >= 4 is 39.1 Å². The zero-order chi connectivity index (χ0) is 20.9. The molecular formula is C19H22Cl2N2O4S. The molecule has 0 saturated heterocycles. The molecule has 0 aliphatic rings. The van der Waals surface area contributed by atoms with Gasteiger partial charge in [-0.15, -0.1) is 0 Å². The summed E-state index contributed by atoms with van der Waals surface area (Å²) in [4.78, 5) is 12.8. The van der Waals surface area contributed by atoms with Gasteiger partial charge in [-0.2, -0.15) is 0 Å². The molecule has 0 bridgehead atoms. The fourth-order valence-corrected chi connectivity index (χ4v) is 4.19. The van der Waals surface area contributed by atoms with E-state index < -0.39 is 22.0 Å². The number of aryl methyl sites for hydroxylation is 1. The van der Waals surface area contributed by atoms with Gasteiger partial charge in [0.2, 0.25) is 10.0 Å². The number of amides is 1. The molecule has 0 saturated carbocycles. The molecule has 0 radical (unpaired) electrons. The summed E-state index contributed by atoms with van der Waals surface area (Å²) in [6, 6.07) is 9.05. The molecule has 0 aliphatic heterocycles. The lowest BCUT2D eigenvalue weighted by molar-refractivity contribution is 0.0939. The van der Waals surface area contributed by atoms with Crippen molar-refractivity contribution < 1.29 is 17.9 Å². The van der Waals surface area contributed by atoms with Crippen LogP contribution in [0.1, 0.15) is 34.5 Å². The van der Waals surface area contributed by atoms with Crippen LogP contribution >= 0.6 is 23.2 Å². The molecule has 0 fully saturated rings. The lowest BCUT2D eigenvalue weighted by atomic mass is 10.1. The molecule has 2 rings (SSSR count). The first-order chi connectivity index (χ1) is 13.2. The number of hydrogen-bond acceptors (Lipinski definition) is 4. The quantitative estimate of drug-likeness (QED) is 0.607. The molecule has 1 unspecified atom stereocenters. The third kappa shape index (κ3) is 5.68. The first-order valence-corrected chi connectivity index (χ1v) is 10.7. The van der Waals surface area contributed by atoms with Gasteiger partial charge in [0, 0.05) is 29.3 Å². The molecular weight excluding hydrogens is 423 g/mol. The number of hydrogen-bond donors (Lipinski definition) is 2. The third-order valence-corrected chi connectivity index (χ3v) is 6.16. The van der Waals surface area contributed by atoms with Crippen LogP contribution in [0.3, 0.4) is 0 Å². The van der Waals surface area contributed by atoms with Gasteiger partial charge >= 0.3 is 0 Å². The van der Waals surface area contributed by atoms with E-state index in [4.69, 9.17) is 27.9 Å². The first-order valence-electron chi connectivity index (χ1n) is 8.50. The maximum atomic E-state index is 12.8. The Morgan fingerprint density at radius 1 is 1.18 bits per heavy atom. The zero-order valence-electron chi connectivity index (χ0n) is 15.8. The predicted molar refractivity (Wildman–Crippen MR) is 111 cm³/mol. The zero-order valence-corrected chi connectivity index (χ0v) is 18.1. The third-order valence-electron chi connectivity index (χ3n) is 4.14. The van der Waals surface area contributed by atoms with Crippen LogP contribution in [0.25, 0.3) is 0 Å². The normalized spacial score (nSPS) is 12.6. The lowest BCUT2D eigenvalue weighted by Crippen LogP contribution is -2.29. The van der Waals surface area contributed by atoms with Crippen molar-refractivity contribution in [3.63, 3.8) is 0 Å². The fourth-order valence-electron chi connectivity index (χ4n) is 2.58.